The van der Waals surface area contributed by atoms with Gasteiger partial charge in [-0.3, -0.25) is 4.79 Å². The number of benzene rings is 2. The number of aryl methyl sites for hydroxylation is 3. The quantitative estimate of drug-likeness (QED) is 0.732. The Balaban J connectivity index is 2.29. The smallest absolute Gasteiger partial charge is 0.166 e. The Hall–Kier alpha value is -1.89. The highest BCUT2D eigenvalue weighted by Gasteiger charge is 2.30. The molecule has 0 bridgehead atoms. The van der Waals surface area contributed by atoms with E-state index in [1.165, 1.54) is 27.8 Å². The van der Waals surface area contributed by atoms with Gasteiger partial charge in [-0.1, -0.05) is 42.8 Å². The summed E-state index contributed by atoms with van der Waals surface area (Å²) in [5.41, 5.74) is 8.29. The van der Waals surface area contributed by atoms with Crippen LogP contribution in [0.1, 0.15) is 39.5 Å². The molecule has 0 saturated carbocycles. The van der Waals surface area contributed by atoms with Crippen molar-refractivity contribution >= 4 is 5.78 Å². The lowest BCUT2D eigenvalue weighted by Crippen LogP contribution is -2.05. The van der Waals surface area contributed by atoms with Crippen molar-refractivity contribution in [1.82, 2.24) is 0 Å². The van der Waals surface area contributed by atoms with Gasteiger partial charge in [0.2, 0.25) is 0 Å². The zero-order valence-corrected chi connectivity index (χ0v) is 12.6. The molecular formula is C19H20O. The third-order valence-electron chi connectivity index (χ3n) is 4.32. The van der Waals surface area contributed by atoms with Crippen molar-refractivity contribution in [3.8, 4) is 11.1 Å². The summed E-state index contributed by atoms with van der Waals surface area (Å²) in [6.07, 6.45) is 0.881. The van der Waals surface area contributed by atoms with Crippen LogP contribution in [0.2, 0.25) is 0 Å². The van der Waals surface area contributed by atoms with E-state index in [4.69, 9.17) is 0 Å². The maximum Gasteiger partial charge on any atom is 0.166 e. The van der Waals surface area contributed by atoms with Crippen LogP contribution < -0.4 is 0 Å². The van der Waals surface area contributed by atoms with Crippen LogP contribution >= 0.6 is 0 Å². The second kappa shape index (κ2) is 4.59. The van der Waals surface area contributed by atoms with Gasteiger partial charge in [0.15, 0.2) is 5.78 Å². The molecule has 0 amide bonds. The van der Waals surface area contributed by atoms with Gasteiger partial charge in [0, 0.05) is 11.5 Å². The van der Waals surface area contributed by atoms with Crippen LogP contribution in [0.4, 0.5) is 0 Å². The molecule has 1 aliphatic carbocycles. The molecule has 0 aliphatic heterocycles. The average molecular weight is 264 g/mol. The van der Waals surface area contributed by atoms with E-state index in [0.717, 1.165) is 17.5 Å². The third kappa shape index (κ3) is 1.89. The summed E-state index contributed by atoms with van der Waals surface area (Å²) >= 11 is 0. The van der Waals surface area contributed by atoms with Crippen molar-refractivity contribution < 1.29 is 4.79 Å². The summed E-state index contributed by atoms with van der Waals surface area (Å²) in [6, 6.07) is 10.7. The van der Waals surface area contributed by atoms with E-state index < -0.39 is 0 Å². The van der Waals surface area contributed by atoms with E-state index in [1.54, 1.807) is 0 Å². The van der Waals surface area contributed by atoms with Gasteiger partial charge in [0.25, 0.3) is 0 Å². The molecule has 1 unspecified atom stereocenters. The van der Waals surface area contributed by atoms with Gasteiger partial charge in [-0.15, -0.1) is 0 Å². The van der Waals surface area contributed by atoms with Crippen molar-refractivity contribution in [2.75, 3.05) is 0 Å². The molecule has 0 aromatic heterocycles. The SMILES string of the molecule is Cc1cc(C)c(-c2cccc3c2C(=O)C(C)C3)c(C)c1. The molecule has 0 spiro atoms. The monoisotopic (exact) mass is 264 g/mol. The van der Waals surface area contributed by atoms with Gasteiger partial charge in [-0.2, -0.15) is 0 Å². The van der Waals surface area contributed by atoms with Gasteiger partial charge in [-0.25, -0.2) is 0 Å². The summed E-state index contributed by atoms with van der Waals surface area (Å²) in [6.45, 7) is 8.42. The summed E-state index contributed by atoms with van der Waals surface area (Å²) in [5, 5.41) is 0. The van der Waals surface area contributed by atoms with Gasteiger partial charge in [0.1, 0.15) is 0 Å². The average Bonchev–Trinajstić information content (AvgIpc) is 2.65. The zero-order valence-electron chi connectivity index (χ0n) is 12.6. The second-order valence-electron chi connectivity index (χ2n) is 6.08. The van der Waals surface area contributed by atoms with Crippen LogP contribution in [0.25, 0.3) is 11.1 Å². The van der Waals surface area contributed by atoms with Crippen LogP contribution in [0.3, 0.4) is 0 Å². The van der Waals surface area contributed by atoms with E-state index in [-0.39, 0.29) is 5.92 Å². The minimum Gasteiger partial charge on any atom is -0.294 e. The molecule has 0 N–H and O–H groups in total. The third-order valence-corrected chi connectivity index (χ3v) is 4.32. The number of rotatable bonds is 1. The molecule has 20 heavy (non-hydrogen) atoms. The van der Waals surface area contributed by atoms with Crippen LogP contribution in [0.15, 0.2) is 30.3 Å². The highest BCUT2D eigenvalue weighted by molar-refractivity contribution is 6.08. The molecular weight excluding hydrogens is 244 g/mol. The first kappa shape index (κ1) is 13.1. The molecule has 1 heteroatoms. The number of carbonyl (C=O) groups is 1. The summed E-state index contributed by atoms with van der Waals surface area (Å²) in [7, 11) is 0. The number of hydrogen-bond acceptors (Lipinski definition) is 1. The Labute approximate surface area is 120 Å². The van der Waals surface area contributed by atoms with E-state index >= 15 is 0 Å². The Kier molecular flexibility index (Phi) is 3.01. The summed E-state index contributed by atoms with van der Waals surface area (Å²) in [5.74, 6) is 0.423. The van der Waals surface area contributed by atoms with Gasteiger partial charge in [-0.05, 0) is 55.0 Å². The fraction of sp³-hybridized carbons (Fsp3) is 0.316. The predicted molar refractivity (Wildman–Crippen MR) is 83.3 cm³/mol. The minimum atomic E-state index is 0.122. The van der Waals surface area contributed by atoms with E-state index in [9.17, 15) is 4.79 Å². The molecule has 102 valence electrons. The van der Waals surface area contributed by atoms with Crippen molar-refractivity contribution in [3.63, 3.8) is 0 Å². The maximum absolute atomic E-state index is 12.5. The normalized spacial score (nSPS) is 17.4. The molecule has 1 atom stereocenters. The van der Waals surface area contributed by atoms with E-state index in [1.807, 2.05) is 6.92 Å². The largest absolute Gasteiger partial charge is 0.294 e. The van der Waals surface area contributed by atoms with Crippen LogP contribution in [0.5, 0.6) is 0 Å². The Bertz CT molecular complexity index is 687. The van der Waals surface area contributed by atoms with Crippen LogP contribution in [-0.2, 0) is 6.42 Å². The Morgan fingerprint density at radius 2 is 1.65 bits per heavy atom. The molecule has 0 heterocycles. The standard InChI is InChI=1S/C19H20O/c1-11-8-12(2)17(13(3)9-11)16-7-5-6-15-10-14(4)19(20)18(15)16/h5-9,14H,10H2,1-4H3. The maximum atomic E-state index is 12.5. The van der Waals surface area contributed by atoms with Crippen LogP contribution in [0, 0.1) is 26.7 Å². The van der Waals surface area contributed by atoms with Crippen molar-refractivity contribution in [2.45, 2.75) is 34.1 Å². The van der Waals surface area contributed by atoms with Crippen LogP contribution in [-0.4, -0.2) is 5.78 Å². The minimum absolute atomic E-state index is 0.122. The number of ketones is 1. The lowest BCUT2D eigenvalue weighted by molar-refractivity contribution is 0.0947. The predicted octanol–water partition coefficient (Wildman–Crippen LogP) is 4.65. The molecule has 1 nitrogen and oxygen atoms in total. The van der Waals surface area contributed by atoms with Gasteiger partial charge in [0.05, 0.1) is 0 Å². The second-order valence-corrected chi connectivity index (χ2v) is 6.08. The lowest BCUT2D eigenvalue weighted by atomic mass is 9.89. The topological polar surface area (TPSA) is 17.1 Å². The number of hydrogen-bond donors (Lipinski definition) is 0. The summed E-state index contributed by atoms with van der Waals surface area (Å²) in [4.78, 5) is 12.5. The van der Waals surface area contributed by atoms with Crippen molar-refractivity contribution in [2.24, 2.45) is 5.92 Å². The van der Waals surface area contributed by atoms with Gasteiger partial charge < -0.3 is 0 Å². The highest BCUT2D eigenvalue weighted by atomic mass is 16.1. The molecule has 0 radical (unpaired) electrons. The lowest BCUT2D eigenvalue weighted by Gasteiger charge is -2.14. The molecule has 1 aliphatic rings. The van der Waals surface area contributed by atoms with Crippen molar-refractivity contribution in [1.29, 1.82) is 0 Å². The van der Waals surface area contributed by atoms with Gasteiger partial charge >= 0.3 is 0 Å². The molecule has 2 aromatic rings. The molecule has 3 rings (SSSR count). The molecule has 0 saturated heterocycles. The first-order valence-corrected chi connectivity index (χ1v) is 7.23. The van der Waals surface area contributed by atoms with E-state index in [0.29, 0.717) is 5.78 Å². The first-order valence-electron chi connectivity index (χ1n) is 7.23. The zero-order chi connectivity index (χ0) is 14.4. The Morgan fingerprint density at radius 3 is 2.30 bits per heavy atom. The summed E-state index contributed by atoms with van der Waals surface area (Å²) < 4.78 is 0. The number of carbonyl (C=O) groups excluding carboxylic acids is 1. The molecule has 0 fully saturated rings. The van der Waals surface area contributed by atoms with Crippen molar-refractivity contribution in [3.05, 3.63) is 58.1 Å². The number of fused-ring (bicyclic) bond motifs is 1. The fourth-order valence-electron chi connectivity index (χ4n) is 3.54. The van der Waals surface area contributed by atoms with E-state index in [2.05, 4.69) is 51.1 Å². The number of Topliss-reactive ketones (excluding diaryl/α,β-unsaturated/α-hetero) is 1. The molecule has 2 aromatic carbocycles. The Morgan fingerprint density at radius 1 is 1.00 bits per heavy atom. The highest BCUT2D eigenvalue weighted by Crippen LogP contribution is 2.37. The fourth-order valence-corrected chi connectivity index (χ4v) is 3.54. The first-order chi connectivity index (χ1) is 9.49.